The fourth-order valence-corrected chi connectivity index (χ4v) is 0.631. The predicted molar refractivity (Wildman–Crippen MR) is 49.2 cm³/mol. The van der Waals surface area contributed by atoms with Gasteiger partial charge in [0.25, 0.3) is 0 Å². The lowest BCUT2D eigenvalue weighted by molar-refractivity contribution is -0.0578. The van der Waals surface area contributed by atoms with Crippen molar-refractivity contribution in [2.24, 2.45) is 4.99 Å². The molecule has 15 heavy (non-hydrogen) atoms. The first-order chi connectivity index (χ1) is 6.52. The van der Waals surface area contributed by atoms with Crippen LogP contribution in [-0.2, 0) is 0 Å². The molecule has 0 aliphatic carbocycles. The number of nitrogens with zero attached hydrogens (tertiary/aromatic N) is 1. The first kappa shape index (κ1) is 13.9. The SMILES string of the molecule is CC(C)(C)N=C(C#CC(O)O)C(F)(F)F. The summed E-state index contributed by atoms with van der Waals surface area (Å²) in [6.45, 7) is 4.45. The lowest BCUT2D eigenvalue weighted by Gasteiger charge is -2.14. The summed E-state index contributed by atoms with van der Waals surface area (Å²) in [7, 11) is 0. The molecule has 2 N–H and O–H groups in total. The van der Waals surface area contributed by atoms with Crippen LogP contribution in [0.15, 0.2) is 4.99 Å². The number of aliphatic hydroxyl groups is 2. The quantitative estimate of drug-likeness (QED) is 0.367. The molecule has 0 radical (unpaired) electrons. The second kappa shape index (κ2) is 4.64. The van der Waals surface area contributed by atoms with Crippen molar-refractivity contribution in [2.45, 2.75) is 38.8 Å². The van der Waals surface area contributed by atoms with Crippen molar-refractivity contribution in [3.63, 3.8) is 0 Å². The third-order valence-electron chi connectivity index (χ3n) is 1.04. The Morgan fingerprint density at radius 1 is 1.20 bits per heavy atom. The summed E-state index contributed by atoms with van der Waals surface area (Å²) in [6.07, 6.45) is -6.78. The van der Waals surface area contributed by atoms with Crippen molar-refractivity contribution < 1.29 is 23.4 Å². The number of hydrogen-bond donors (Lipinski definition) is 2. The molecule has 3 nitrogen and oxygen atoms in total. The Bertz CT molecular complexity index is 302. The number of hydrogen-bond acceptors (Lipinski definition) is 3. The Morgan fingerprint density at radius 3 is 1.93 bits per heavy atom. The normalized spacial score (nSPS) is 13.8. The minimum atomic E-state index is -4.69. The molecule has 0 amide bonds. The number of aliphatic imine (C=N–C) groups is 1. The van der Waals surface area contributed by atoms with Gasteiger partial charge in [-0.1, -0.05) is 0 Å². The van der Waals surface area contributed by atoms with E-state index in [0.717, 1.165) is 0 Å². The third kappa shape index (κ3) is 6.94. The average Bonchev–Trinajstić information content (AvgIpc) is 1.93. The van der Waals surface area contributed by atoms with Gasteiger partial charge in [0.05, 0.1) is 5.54 Å². The van der Waals surface area contributed by atoms with Crippen LogP contribution in [0.5, 0.6) is 0 Å². The first-order valence-corrected chi connectivity index (χ1v) is 4.07. The highest BCUT2D eigenvalue weighted by Gasteiger charge is 2.35. The molecule has 0 spiro atoms. The van der Waals surface area contributed by atoms with Crippen molar-refractivity contribution in [1.82, 2.24) is 0 Å². The molecular weight excluding hydrogens is 211 g/mol. The maximum absolute atomic E-state index is 12.3. The van der Waals surface area contributed by atoms with E-state index in [1.807, 2.05) is 0 Å². The maximum Gasteiger partial charge on any atom is 0.441 e. The van der Waals surface area contributed by atoms with Gasteiger partial charge in [0.15, 0.2) is 5.71 Å². The topological polar surface area (TPSA) is 52.8 Å². The van der Waals surface area contributed by atoms with Gasteiger partial charge in [-0.05, 0) is 32.6 Å². The van der Waals surface area contributed by atoms with Crippen LogP contribution in [-0.4, -0.2) is 33.9 Å². The molecule has 0 aromatic rings. The average molecular weight is 223 g/mol. The van der Waals surface area contributed by atoms with Crippen LogP contribution in [0, 0.1) is 11.8 Å². The van der Waals surface area contributed by atoms with E-state index in [2.05, 4.69) is 4.99 Å². The number of rotatable bonds is 0. The zero-order chi connectivity index (χ0) is 12.3. The second-order valence-corrected chi connectivity index (χ2v) is 3.77. The number of aliphatic hydroxyl groups excluding tert-OH is 1. The smallest absolute Gasteiger partial charge is 0.358 e. The van der Waals surface area contributed by atoms with Gasteiger partial charge in [0.1, 0.15) is 0 Å². The molecule has 0 aromatic heterocycles. The summed E-state index contributed by atoms with van der Waals surface area (Å²) in [5.74, 6) is 3.18. The molecule has 0 heterocycles. The molecule has 0 saturated carbocycles. The highest BCUT2D eigenvalue weighted by Crippen LogP contribution is 2.20. The lowest BCUT2D eigenvalue weighted by atomic mass is 10.1. The van der Waals surface area contributed by atoms with Gasteiger partial charge in [-0.2, -0.15) is 13.2 Å². The number of halogens is 3. The zero-order valence-electron chi connectivity index (χ0n) is 8.55. The van der Waals surface area contributed by atoms with E-state index in [-0.39, 0.29) is 0 Å². The van der Waals surface area contributed by atoms with Crippen LogP contribution < -0.4 is 0 Å². The van der Waals surface area contributed by atoms with E-state index in [4.69, 9.17) is 10.2 Å². The van der Waals surface area contributed by atoms with Crippen LogP contribution in [0.4, 0.5) is 13.2 Å². The fraction of sp³-hybridized carbons (Fsp3) is 0.667. The van der Waals surface area contributed by atoms with Gasteiger partial charge < -0.3 is 10.2 Å². The first-order valence-electron chi connectivity index (χ1n) is 4.07. The molecule has 0 atom stereocenters. The fourth-order valence-electron chi connectivity index (χ4n) is 0.631. The summed E-state index contributed by atoms with van der Waals surface area (Å²) in [5, 5.41) is 16.6. The molecule has 86 valence electrons. The van der Waals surface area contributed by atoms with Crippen molar-refractivity contribution in [3.8, 4) is 11.8 Å². The van der Waals surface area contributed by atoms with E-state index in [0.29, 0.717) is 0 Å². The standard InChI is InChI=1S/C9H12F3NO2/c1-8(2,3)13-6(9(10,11)12)4-5-7(14)15/h7,14-15H,1-3H3. The van der Waals surface area contributed by atoms with E-state index in [9.17, 15) is 13.2 Å². The summed E-state index contributed by atoms with van der Waals surface area (Å²) in [6, 6.07) is 0. The predicted octanol–water partition coefficient (Wildman–Crippen LogP) is 1.10. The molecule has 0 aliphatic heterocycles. The molecule has 0 rings (SSSR count). The van der Waals surface area contributed by atoms with E-state index < -0.39 is 23.7 Å². The molecule has 0 fully saturated rings. The van der Waals surface area contributed by atoms with E-state index in [1.165, 1.54) is 20.8 Å². The van der Waals surface area contributed by atoms with Gasteiger partial charge in [0.2, 0.25) is 6.29 Å². The Hall–Kier alpha value is -1.06. The highest BCUT2D eigenvalue weighted by atomic mass is 19.4. The van der Waals surface area contributed by atoms with Crippen molar-refractivity contribution in [3.05, 3.63) is 0 Å². The summed E-state index contributed by atoms with van der Waals surface area (Å²) >= 11 is 0. The van der Waals surface area contributed by atoms with Gasteiger partial charge in [-0.3, -0.25) is 4.99 Å². The van der Waals surface area contributed by atoms with Crippen LogP contribution in [0.2, 0.25) is 0 Å². The highest BCUT2D eigenvalue weighted by molar-refractivity contribution is 6.04. The van der Waals surface area contributed by atoms with Crippen LogP contribution >= 0.6 is 0 Å². The van der Waals surface area contributed by atoms with E-state index >= 15 is 0 Å². The van der Waals surface area contributed by atoms with Crippen LogP contribution in [0.1, 0.15) is 20.8 Å². The lowest BCUT2D eigenvalue weighted by Crippen LogP contribution is -2.26. The Morgan fingerprint density at radius 2 is 1.67 bits per heavy atom. The number of alkyl halides is 3. The van der Waals surface area contributed by atoms with Gasteiger partial charge in [-0.25, -0.2) is 0 Å². The Labute approximate surface area is 85.6 Å². The van der Waals surface area contributed by atoms with Crippen LogP contribution in [0.3, 0.4) is 0 Å². The van der Waals surface area contributed by atoms with Gasteiger partial charge in [-0.15, -0.1) is 0 Å². The molecule has 0 aromatic carbocycles. The zero-order valence-corrected chi connectivity index (χ0v) is 8.55. The Kier molecular flexibility index (Phi) is 4.31. The largest absolute Gasteiger partial charge is 0.441 e. The van der Waals surface area contributed by atoms with Crippen molar-refractivity contribution in [1.29, 1.82) is 0 Å². The van der Waals surface area contributed by atoms with E-state index in [1.54, 1.807) is 11.8 Å². The summed E-state index contributed by atoms with van der Waals surface area (Å²) in [5.41, 5.74) is -2.25. The summed E-state index contributed by atoms with van der Waals surface area (Å²) < 4.78 is 36.9. The van der Waals surface area contributed by atoms with Gasteiger partial charge in [0, 0.05) is 0 Å². The second-order valence-electron chi connectivity index (χ2n) is 3.77. The van der Waals surface area contributed by atoms with Gasteiger partial charge >= 0.3 is 6.18 Å². The minimum Gasteiger partial charge on any atom is -0.358 e. The Balaban J connectivity index is 5.13. The molecule has 0 unspecified atom stereocenters. The van der Waals surface area contributed by atoms with Crippen molar-refractivity contribution >= 4 is 5.71 Å². The monoisotopic (exact) mass is 223 g/mol. The molecule has 0 bridgehead atoms. The molecular formula is C9H12F3NO2. The summed E-state index contributed by atoms with van der Waals surface area (Å²) in [4.78, 5) is 3.35. The molecule has 0 saturated heterocycles. The molecule has 6 heteroatoms. The van der Waals surface area contributed by atoms with Crippen molar-refractivity contribution in [2.75, 3.05) is 0 Å². The third-order valence-corrected chi connectivity index (χ3v) is 1.04. The maximum atomic E-state index is 12.3. The minimum absolute atomic E-state index is 0.931. The molecule has 0 aliphatic rings. The van der Waals surface area contributed by atoms with Crippen LogP contribution in [0.25, 0.3) is 0 Å².